The minimum Gasteiger partial charge on any atom is -0.314 e. The molecule has 0 aromatic rings. The Balaban J connectivity index is 2.26. The van der Waals surface area contributed by atoms with Crippen LogP contribution < -0.4 is 5.32 Å². The molecule has 0 aromatic heterocycles. The Labute approximate surface area is 146 Å². The minimum atomic E-state index is 0.811. The number of nitrogens with one attached hydrogen (secondary N) is 1. The van der Waals surface area contributed by atoms with E-state index >= 15 is 0 Å². The molecule has 138 valence electrons. The Bertz CT molecular complexity index is 251. The highest BCUT2D eigenvalue weighted by atomic mass is 15.2. The van der Waals surface area contributed by atoms with Crippen molar-refractivity contribution in [2.24, 2.45) is 0 Å². The second-order valence-corrected chi connectivity index (χ2v) is 7.42. The molecule has 0 amide bonds. The minimum absolute atomic E-state index is 0.811. The number of piperazine rings is 1. The Hall–Kier alpha value is -0.120. The van der Waals surface area contributed by atoms with Gasteiger partial charge in [-0.05, 0) is 19.9 Å². The second-order valence-electron chi connectivity index (χ2n) is 7.42. The van der Waals surface area contributed by atoms with E-state index in [0.717, 1.165) is 6.04 Å². The Morgan fingerprint density at radius 3 is 2.09 bits per heavy atom. The van der Waals surface area contributed by atoms with E-state index < -0.39 is 0 Å². The summed E-state index contributed by atoms with van der Waals surface area (Å²) in [6, 6.07) is 0.811. The molecule has 1 aliphatic heterocycles. The lowest BCUT2D eigenvalue weighted by atomic mass is 10.00. The van der Waals surface area contributed by atoms with Gasteiger partial charge in [0.1, 0.15) is 0 Å². The third-order valence-corrected chi connectivity index (χ3v) is 5.38. The fraction of sp³-hybridized carbons (Fsp3) is 1.00. The molecule has 23 heavy (non-hydrogen) atoms. The van der Waals surface area contributed by atoms with Gasteiger partial charge in [-0.25, -0.2) is 0 Å². The summed E-state index contributed by atoms with van der Waals surface area (Å²) in [4.78, 5) is 5.29. The summed E-state index contributed by atoms with van der Waals surface area (Å²) in [5, 5.41) is 3.45. The number of hydrogen-bond donors (Lipinski definition) is 1. The zero-order valence-corrected chi connectivity index (χ0v) is 16.3. The molecule has 1 atom stereocenters. The van der Waals surface area contributed by atoms with Crippen LogP contribution in [0.25, 0.3) is 0 Å². The average molecular weight is 326 g/mol. The first-order chi connectivity index (χ1) is 11.3. The van der Waals surface area contributed by atoms with Gasteiger partial charge in [-0.3, -0.25) is 4.90 Å². The maximum atomic E-state index is 3.45. The monoisotopic (exact) mass is 325 g/mol. The van der Waals surface area contributed by atoms with Crippen LogP contribution in [0, 0.1) is 0 Å². The predicted molar refractivity (Wildman–Crippen MR) is 103 cm³/mol. The van der Waals surface area contributed by atoms with Crippen molar-refractivity contribution in [3.63, 3.8) is 0 Å². The first-order valence-electron chi connectivity index (χ1n) is 10.4. The molecule has 1 heterocycles. The summed E-state index contributed by atoms with van der Waals surface area (Å²) in [5.41, 5.74) is 0. The topological polar surface area (TPSA) is 18.5 Å². The van der Waals surface area contributed by atoms with Crippen LogP contribution in [0.1, 0.15) is 78.1 Å². The van der Waals surface area contributed by atoms with Gasteiger partial charge in [0.05, 0.1) is 0 Å². The Morgan fingerprint density at radius 2 is 1.43 bits per heavy atom. The average Bonchev–Trinajstić information content (AvgIpc) is 2.59. The lowest BCUT2D eigenvalue weighted by Crippen LogP contribution is -2.47. The number of rotatable bonds is 14. The molecule has 1 saturated heterocycles. The van der Waals surface area contributed by atoms with Gasteiger partial charge >= 0.3 is 0 Å². The lowest BCUT2D eigenvalue weighted by Gasteiger charge is -2.33. The van der Waals surface area contributed by atoms with Crippen LogP contribution in [-0.4, -0.2) is 62.2 Å². The van der Waals surface area contributed by atoms with Crippen LogP contribution >= 0.6 is 0 Å². The first-order valence-corrected chi connectivity index (χ1v) is 10.4. The fourth-order valence-corrected chi connectivity index (χ4v) is 3.62. The molecule has 1 rings (SSSR count). The largest absolute Gasteiger partial charge is 0.314 e. The first kappa shape index (κ1) is 20.9. The van der Waals surface area contributed by atoms with E-state index in [9.17, 15) is 0 Å². The van der Waals surface area contributed by atoms with E-state index in [1.165, 1.54) is 103 Å². The number of hydrogen-bond acceptors (Lipinski definition) is 3. The van der Waals surface area contributed by atoms with Crippen molar-refractivity contribution < 1.29 is 0 Å². The molecule has 0 aromatic carbocycles. The summed E-state index contributed by atoms with van der Waals surface area (Å²) in [5.74, 6) is 0. The summed E-state index contributed by atoms with van der Waals surface area (Å²) < 4.78 is 0. The molecule has 1 fully saturated rings. The molecule has 1 aliphatic rings. The van der Waals surface area contributed by atoms with E-state index in [-0.39, 0.29) is 0 Å². The molecule has 0 aliphatic carbocycles. The molecular formula is C20H43N3. The van der Waals surface area contributed by atoms with Crippen molar-refractivity contribution in [3.8, 4) is 0 Å². The van der Waals surface area contributed by atoms with Crippen molar-refractivity contribution in [1.29, 1.82) is 0 Å². The molecule has 3 nitrogen and oxygen atoms in total. The molecule has 0 spiro atoms. The van der Waals surface area contributed by atoms with Gasteiger partial charge in [0.2, 0.25) is 0 Å². The highest BCUT2D eigenvalue weighted by Gasteiger charge is 2.16. The summed E-state index contributed by atoms with van der Waals surface area (Å²) >= 11 is 0. The van der Waals surface area contributed by atoms with Crippen molar-refractivity contribution in [1.82, 2.24) is 15.1 Å². The van der Waals surface area contributed by atoms with Crippen LogP contribution in [0.15, 0.2) is 0 Å². The van der Waals surface area contributed by atoms with Gasteiger partial charge < -0.3 is 10.2 Å². The predicted octanol–water partition coefficient (Wildman–Crippen LogP) is 4.13. The number of unbranched alkanes of at least 4 members (excludes halogenated alkanes) is 6. The maximum Gasteiger partial charge on any atom is 0.0110 e. The van der Waals surface area contributed by atoms with Gasteiger partial charge in [0.25, 0.3) is 0 Å². The van der Waals surface area contributed by atoms with Crippen LogP contribution in [0.3, 0.4) is 0 Å². The molecule has 1 N–H and O–H groups in total. The van der Waals surface area contributed by atoms with E-state index in [0.29, 0.717) is 0 Å². The number of likely N-dealkylation sites (N-methyl/N-ethyl adjacent to an activating group) is 1. The Kier molecular flexibility index (Phi) is 13.0. The maximum absolute atomic E-state index is 3.45. The van der Waals surface area contributed by atoms with Crippen molar-refractivity contribution in [2.75, 3.05) is 46.3 Å². The molecule has 0 radical (unpaired) electrons. The van der Waals surface area contributed by atoms with Crippen LogP contribution in [-0.2, 0) is 0 Å². The SMILES string of the molecule is CCCCCCCC(CCCCC)N(C)CCN1CCNCC1. The summed E-state index contributed by atoms with van der Waals surface area (Å²) in [6.07, 6.45) is 14.0. The highest BCUT2D eigenvalue weighted by Crippen LogP contribution is 2.16. The smallest absolute Gasteiger partial charge is 0.0110 e. The molecule has 0 saturated carbocycles. The van der Waals surface area contributed by atoms with Crippen LogP contribution in [0.5, 0.6) is 0 Å². The van der Waals surface area contributed by atoms with Crippen molar-refractivity contribution in [3.05, 3.63) is 0 Å². The van der Waals surface area contributed by atoms with Gasteiger partial charge in [0, 0.05) is 45.3 Å². The van der Waals surface area contributed by atoms with Gasteiger partial charge in [-0.2, -0.15) is 0 Å². The van der Waals surface area contributed by atoms with E-state index in [2.05, 4.69) is 36.0 Å². The standard InChI is InChI=1S/C20H43N3/c1-4-6-8-9-11-13-20(12-10-7-5-2)22(3)18-19-23-16-14-21-15-17-23/h20-21H,4-19H2,1-3H3. The quantitative estimate of drug-likeness (QED) is 0.484. The fourth-order valence-electron chi connectivity index (χ4n) is 3.62. The van der Waals surface area contributed by atoms with Gasteiger partial charge in [-0.1, -0.05) is 65.2 Å². The summed E-state index contributed by atoms with van der Waals surface area (Å²) in [6.45, 7) is 11.9. The van der Waals surface area contributed by atoms with E-state index in [4.69, 9.17) is 0 Å². The Morgan fingerprint density at radius 1 is 0.870 bits per heavy atom. The van der Waals surface area contributed by atoms with Crippen molar-refractivity contribution >= 4 is 0 Å². The third kappa shape index (κ3) is 10.4. The van der Waals surface area contributed by atoms with E-state index in [1.54, 1.807) is 0 Å². The molecular weight excluding hydrogens is 282 g/mol. The van der Waals surface area contributed by atoms with Gasteiger partial charge in [0.15, 0.2) is 0 Å². The zero-order valence-electron chi connectivity index (χ0n) is 16.3. The zero-order chi connectivity index (χ0) is 16.8. The van der Waals surface area contributed by atoms with Crippen LogP contribution in [0.4, 0.5) is 0 Å². The normalized spacial score (nSPS) is 17.7. The second kappa shape index (κ2) is 14.2. The third-order valence-electron chi connectivity index (χ3n) is 5.38. The molecule has 0 bridgehead atoms. The number of nitrogens with zero attached hydrogens (tertiary/aromatic N) is 2. The lowest BCUT2D eigenvalue weighted by molar-refractivity contribution is 0.162. The molecule has 3 heteroatoms. The van der Waals surface area contributed by atoms with Gasteiger partial charge in [-0.15, -0.1) is 0 Å². The summed E-state index contributed by atoms with van der Waals surface area (Å²) in [7, 11) is 2.37. The van der Waals surface area contributed by atoms with E-state index in [1.807, 2.05) is 0 Å². The highest BCUT2D eigenvalue weighted by molar-refractivity contribution is 4.73. The molecule has 1 unspecified atom stereocenters. The van der Waals surface area contributed by atoms with Crippen LogP contribution in [0.2, 0.25) is 0 Å². The van der Waals surface area contributed by atoms with Crippen molar-refractivity contribution in [2.45, 2.75) is 84.1 Å².